The average molecular weight is 593 g/mol. The lowest BCUT2D eigenvalue weighted by Crippen LogP contribution is -2.13. The number of sulfonamides is 2. The normalized spacial score (nSPS) is 12.3. The zero-order valence-electron chi connectivity index (χ0n) is 21.5. The number of carbonyl (C=O) groups excluding carboxylic acids is 1. The molecule has 0 fully saturated rings. The van der Waals surface area contributed by atoms with Gasteiger partial charge in [-0.1, -0.05) is 24.3 Å². The van der Waals surface area contributed by atoms with Crippen LogP contribution in [0.5, 0.6) is 11.5 Å². The Kier molecular flexibility index (Phi) is 7.20. The molecule has 0 atom stereocenters. The molecule has 4 aromatic carbocycles. The van der Waals surface area contributed by atoms with Crippen molar-refractivity contribution in [1.29, 1.82) is 0 Å². The summed E-state index contributed by atoms with van der Waals surface area (Å²) in [5.41, 5.74) is 2.57. The quantitative estimate of drug-likeness (QED) is 0.149. The van der Waals surface area contributed by atoms with Gasteiger partial charge in [0.25, 0.3) is 20.0 Å². The zero-order valence-corrected chi connectivity index (χ0v) is 23.2. The van der Waals surface area contributed by atoms with Gasteiger partial charge in [0.05, 0.1) is 27.8 Å². The maximum atomic E-state index is 13.2. The molecular formula is C29H24N2O8S2. The molecule has 0 unspecified atom stereocenters. The van der Waals surface area contributed by atoms with Crippen LogP contribution in [0.1, 0.15) is 18.1 Å². The van der Waals surface area contributed by atoms with Crippen LogP contribution in [0.25, 0.3) is 16.7 Å². The van der Waals surface area contributed by atoms with Crippen molar-refractivity contribution in [2.45, 2.75) is 16.7 Å². The Morgan fingerprint density at radius 2 is 1.17 bits per heavy atom. The number of phenolic OH excluding ortho intramolecular Hbond substituents is 2. The van der Waals surface area contributed by atoms with Gasteiger partial charge in [0, 0.05) is 18.2 Å². The first kappa shape index (κ1) is 27.7. The second-order valence-electron chi connectivity index (χ2n) is 9.04. The second kappa shape index (κ2) is 10.6. The van der Waals surface area contributed by atoms with E-state index in [0.29, 0.717) is 22.3 Å². The maximum absolute atomic E-state index is 13.2. The number of nitrogens with one attached hydrogen (secondary N) is 2. The molecule has 0 bridgehead atoms. The number of hydrogen-bond acceptors (Lipinski definition) is 8. The summed E-state index contributed by atoms with van der Waals surface area (Å²) in [7, 11) is -8.20. The van der Waals surface area contributed by atoms with Gasteiger partial charge in [0.2, 0.25) is 0 Å². The summed E-state index contributed by atoms with van der Waals surface area (Å²) in [6, 6.07) is 20.0. The first-order valence-corrected chi connectivity index (χ1v) is 15.2. The third-order valence-electron chi connectivity index (χ3n) is 6.22. The molecule has 0 aromatic heterocycles. The van der Waals surface area contributed by atoms with E-state index in [2.05, 4.69) is 9.44 Å². The summed E-state index contributed by atoms with van der Waals surface area (Å²) in [6.45, 7) is 1.75. The zero-order chi connectivity index (χ0) is 29.4. The standard InChI is InChI=1S/C29H24N2O8S2/c1-2-39-29(34)17-28-26-15-22(40(35,36)30-18-5-3-7-20(32)13-18)9-11-24(26)25-12-10-23(16-27(25)28)41(37,38)31-19-6-4-8-21(33)14-19/h3-17,30-33H,2H2,1H3. The molecule has 4 N–H and O–H groups in total. The van der Waals surface area contributed by atoms with Crippen LogP contribution in [0.3, 0.4) is 0 Å². The Bertz CT molecular complexity index is 1810. The number of esters is 1. The van der Waals surface area contributed by atoms with Crippen molar-refractivity contribution in [1.82, 2.24) is 0 Å². The van der Waals surface area contributed by atoms with Crippen LogP contribution >= 0.6 is 0 Å². The highest BCUT2D eigenvalue weighted by atomic mass is 32.2. The van der Waals surface area contributed by atoms with E-state index in [-0.39, 0.29) is 44.8 Å². The highest BCUT2D eigenvalue weighted by Crippen LogP contribution is 2.46. The van der Waals surface area contributed by atoms with Gasteiger partial charge in [-0.05, 0) is 83.3 Å². The van der Waals surface area contributed by atoms with Gasteiger partial charge in [-0.2, -0.15) is 0 Å². The number of benzene rings is 4. The van der Waals surface area contributed by atoms with E-state index in [1.165, 1.54) is 78.9 Å². The molecule has 0 saturated carbocycles. The molecule has 0 heterocycles. The topological polar surface area (TPSA) is 159 Å². The van der Waals surface area contributed by atoms with Crippen LogP contribution in [-0.4, -0.2) is 39.6 Å². The molecular weight excluding hydrogens is 568 g/mol. The first-order valence-electron chi connectivity index (χ1n) is 12.3. The van der Waals surface area contributed by atoms with E-state index in [1.807, 2.05) is 0 Å². The van der Waals surface area contributed by atoms with Crippen LogP contribution in [0, 0.1) is 0 Å². The van der Waals surface area contributed by atoms with Crippen LogP contribution in [0.2, 0.25) is 0 Å². The number of fused-ring (bicyclic) bond motifs is 3. The van der Waals surface area contributed by atoms with Crippen molar-refractivity contribution in [2.75, 3.05) is 16.1 Å². The van der Waals surface area contributed by atoms with Crippen molar-refractivity contribution >= 4 is 43.0 Å². The van der Waals surface area contributed by atoms with E-state index in [0.717, 1.165) is 0 Å². The summed E-state index contributed by atoms with van der Waals surface area (Å²) in [6.07, 6.45) is 1.20. The first-order chi connectivity index (χ1) is 19.5. The highest BCUT2D eigenvalue weighted by Gasteiger charge is 2.29. The summed E-state index contributed by atoms with van der Waals surface area (Å²) in [4.78, 5) is 12.3. The van der Waals surface area contributed by atoms with Crippen molar-refractivity contribution < 1.29 is 36.6 Å². The molecule has 0 aliphatic heterocycles. The van der Waals surface area contributed by atoms with Crippen LogP contribution in [0.4, 0.5) is 11.4 Å². The summed E-state index contributed by atoms with van der Waals surface area (Å²) in [5.74, 6) is -0.907. The second-order valence-corrected chi connectivity index (χ2v) is 12.4. The molecule has 0 saturated heterocycles. The third-order valence-corrected chi connectivity index (χ3v) is 8.98. The largest absolute Gasteiger partial charge is 0.508 e. The average Bonchev–Trinajstić information content (AvgIpc) is 3.20. The highest BCUT2D eigenvalue weighted by molar-refractivity contribution is 7.93. The number of anilines is 2. The Balaban J connectivity index is 1.57. The van der Waals surface area contributed by atoms with Crippen molar-refractivity contribution in [2.24, 2.45) is 0 Å². The number of ether oxygens (including phenoxy) is 1. The smallest absolute Gasteiger partial charge is 0.331 e. The SMILES string of the molecule is CCOC(=O)C=C1c2cc(S(=O)(=O)Nc3cccc(O)c3)ccc2-c2ccc(S(=O)(=O)Nc3cccc(O)c3)cc21. The van der Waals surface area contributed by atoms with Gasteiger partial charge in [-0.15, -0.1) is 0 Å². The monoisotopic (exact) mass is 592 g/mol. The van der Waals surface area contributed by atoms with Crippen LogP contribution < -0.4 is 9.44 Å². The third kappa shape index (κ3) is 5.74. The van der Waals surface area contributed by atoms with Crippen molar-refractivity contribution in [3.05, 3.63) is 102 Å². The molecule has 0 radical (unpaired) electrons. The van der Waals surface area contributed by atoms with Crippen molar-refractivity contribution in [3.8, 4) is 22.6 Å². The number of aromatic hydroxyl groups is 2. The van der Waals surface area contributed by atoms with E-state index < -0.39 is 26.0 Å². The predicted molar refractivity (Wildman–Crippen MR) is 153 cm³/mol. The lowest BCUT2D eigenvalue weighted by atomic mass is 10.0. The molecule has 10 nitrogen and oxygen atoms in total. The fourth-order valence-corrected chi connectivity index (χ4v) is 6.62. The van der Waals surface area contributed by atoms with Gasteiger partial charge >= 0.3 is 5.97 Å². The molecule has 5 rings (SSSR count). The fraction of sp³-hybridized carbons (Fsp3) is 0.0690. The van der Waals surface area contributed by atoms with Crippen LogP contribution in [-0.2, 0) is 29.6 Å². The minimum absolute atomic E-state index is 0.104. The minimum Gasteiger partial charge on any atom is -0.508 e. The summed E-state index contributed by atoms with van der Waals surface area (Å²) < 4.78 is 62.7. The van der Waals surface area contributed by atoms with Gasteiger partial charge in [-0.3, -0.25) is 9.44 Å². The van der Waals surface area contributed by atoms with Gasteiger partial charge < -0.3 is 14.9 Å². The van der Waals surface area contributed by atoms with E-state index in [4.69, 9.17) is 4.74 Å². The predicted octanol–water partition coefficient (Wildman–Crippen LogP) is 4.67. The van der Waals surface area contributed by atoms with Crippen molar-refractivity contribution in [3.63, 3.8) is 0 Å². The molecule has 0 spiro atoms. The molecule has 1 aliphatic carbocycles. The number of hydrogen-bond donors (Lipinski definition) is 4. The molecule has 12 heteroatoms. The lowest BCUT2D eigenvalue weighted by molar-refractivity contribution is -0.137. The number of rotatable bonds is 8. The lowest BCUT2D eigenvalue weighted by Gasteiger charge is -2.11. The van der Waals surface area contributed by atoms with Gasteiger partial charge in [0.1, 0.15) is 11.5 Å². The maximum Gasteiger partial charge on any atom is 0.331 e. The molecule has 210 valence electrons. The Hall–Kier alpha value is -4.81. The van der Waals surface area contributed by atoms with E-state index >= 15 is 0 Å². The molecule has 1 aliphatic rings. The molecule has 41 heavy (non-hydrogen) atoms. The minimum atomic E-state index is -4.10. The Labute approximate surface area is 236 Å². The van der Waals surface area contributed by atoms with Gasteiger partial charge in [-0.25, -0.2) is 21.6 Å². The fourth-order valence-electron chi connectivity index (χ4n) is 4.47. The Morgan fingerprint density at radius 1 is 0.707 bits per heavy atom. The molecule has 4 aromatic rings. The Morgan fingerprint density at radius 3 is 1.59 bits per heavy atom. The van der Waals surface area contributed by atoms with Crippen LogP contribution in [0.15, 0.2) is 101 Å². The number of carbonyl (C=O) groups is 1. The van der Waals surface area contributed by atoms with E-state index in [9.17, 15) is 31.8 Å². The summed E-state index contributed by atoms with van der Waals surface area (Å²) in [5, 5.41) is 19.4. The summed E-state index contributed by atoms with van der Waals surface area (Å²) >= 11 is 0. The number of phenols is 2. The van der Waals surface area contributed by atoms with Gasteiger partial charge in [0.15, 0.2) is 0 Å². The molecule has 0 amide bonds. The van der Waals surface area contributed by atoms with E-state index in [1.54, 1.807) is 19.1 Å².